The second kappa shape index (κ2) is 20.5. The fraction of sp³-hybridized carbons (Fsp3) is 0.0784. The van der Waals surface area contributed by atoms with E-state index >= 15 is 0 Å². The van der Waals surface area contributed by atoms with Gasteiger partial charge < -0.3 is 66.0 Å². The summed E-state index contributed by atoms with van der Waals surface area (Å²) in [4.78, 5) is 88.3. The van der Waals surface area contributed by atoms with Crippen molar-refractivity contribution in [2.75, 3.05) is 35.4 Å². The van der Waals surface area contributed by atoms with Crippen LogP contribution >= 0.6 is 0 Å². The summed E-state index contributed by atoms with van der Waals surface area (Å²) in [7, 11) is -1.10. The molecule has 3 aliphatic rings. The molecular formula is C51H41N5O18S. The third-order valence-corrected chi connectivity index (χ3v) is 11.9. The Kier molecular flexibility index (Phi) is 14.4. The van der Waals surface area contributed by atoms with Gasteiger partial charge in [0.2, 0.25) is 22.5 Å². The van der Waals surface area contributed by atoms with E-state index in [1.165, 1.54) is 31.2 Å². The van der Waals surface area contributed by atoms with E-state index in [1.807, 2.05) is 25.1 Å². The summed E-state index contributed by atoms with van der Waals surface area (Å²) in [5.74, 6) is -7.18. The normalized spacial score (nSPS) is 11.5. The minimum absolute atomic E-state index is 0.00204. The quantitative estimate of drug-likeness (QED) is 0.0217. The molecule has 0 unspecified atom stereocenters. The first-order valence-electron chi connectivity index (χ1n) is 21.6. The number of phenolic OH excluding ortho intramolecular Hbond substituents is 5. The molecule has 0 fully saturated rings. The molecule has 75 heavy (non-hydrogen) atoms. The molecule has 1 aliphatic heterocycles. The molecule has 0 atom stereocenters. The van der Waals surface area contributed by atoms with Crippen molar-refractivity contribution in [2.24, 2.45) is 0 Å². The topological polar surface area (TPSA) is 387 Å². The van der Waals surface area contributed by atoms with Crippen LogP contribution in [0.5, 0.6) is 34.5 Å². The van der Waals surface area contributed by atoms with Crippen molar-refractivity contribution in [3.05, 3.63) is 173 Å². The molecule has 0 spiro atoms. The number of ether oxygens (including phenoxy) is 1. The molecule has 12 N–H and O–H groups in total. The Morgan fingerprint density at radius 3 is 1.91 bits per heavy atom. The Morgan fingerprint density at radius 1 is 0.747 bits per heavy atom. The molecule has 1 amide bonds. The molecule has 0 aromatic heterocycles. The maximum Gasteiger partial charge on any atom is 0.343 e. The van der Waals surface area contributed by atoms with Crippen LogP contribution in [0.2, 0.25) is 0 Å². The van der Waals surface area contributed by atoms with Crippen LogP contribution in [0.15, 0.2) is 122 Å². The number of carbonyl (C=O) groups is 5. The monoisotopic (exact) mass is 1040 g/mol. The number of phenols is 5. The number of esters is 1. The first kappa shape index (κ1) is 52.6. The molecular weight excluding hydrogens is 1000 g/mol. The van der Waals surface area contributed by atoms with Gasteiger partial charge in [0.1, 0.15) is 10.2 Å². The third kappa shape index (κ3) is 10.9. The molecule has 2 aliphatic carbocycles. The summed E-state index contributed by atoms with van der Waals surface area (Å²) < 4.78 is 43.9. The van der Waals surface area contributed by atoms with Gasteiger partial charge in [0.05, 0.1) is 39.1 Å². The lowest BCUT2D eigenvalue weighted by molar-refractivity contribution is -0.114. The van der Waals surface area contributed by atoms with E-state index < -0.39 is 83.8 Å². The minimum atomic E-state index is -4.80. The Balaban J connectivity index is 0.000000170. The molecule has 24 heteroatoms. The van der Waals surface area contributed by atoms with Gasteiger partial charge in [-0.05, 0) is 79.2 Å². The number of amides is 1. The number of carboxylic acid groups (broad SMARTS) is 1. The van der Waals surface area contributed by atoms with Crippen molar-refractivity contribution in [2.45, 2.75) is 18.7 Å². The van der Waals surface area contributed by atoms with Crippen LogP contribution in [0.25, 0.3) is 11.1 Å². The van der Waals surface area contributed by atoms with E-state index in [2.05, 4.69) is 15.6 Å². The number of carbonyl (C=O) groups excluding carboxylic acids is 4. The van der Waals surface area contributed by atoms with Gasteiger partial charge in [-0.1, -0.05) is 24.3 Å². The van der Waals surface area contributed by atoms with Crippen molar-refractivity contribution < 1.29 is 76.7 Å². The lowest BCUT2D eigenvalue weighted by Gasteiger charge is -2.23. The number of nitrogens with two attached hydrogens (primary N) is 1. The van der Waals surface area contributed by atoms with Crippen LogP contribution in [-0.2, 0) is 14.9 Å². The van der Waals surface area contributed by atoms with E-state index in [1.54, 1.807) is 55.5 Å². The number of aryl methyl sites for hydroxylation is 1. The van der Waals surface area contributed by atoms with E-state index in [9.17, 15) is 77.2 Å². The third-order valence-electron chi connectivity index (χ3n) is 11.1. The van der Waals surface area contributed by atoms with Gasteiger partial charge >= 0.3 is 11.9 Å². The second-order valence-corrected chi connectivity index (χ2v) is 18.0. The summed E-state index contributed by atoms with van der Waals surface area (Å²) in [6, 6.07) is 24.0. The summed E-state index contributed by atoms with van der Waals surface area (Å²) in [5.41, 5.74) is 5.94. The fourth-order valence-corrected chi connectivity index (χ4v) is 8.16. The van der Waals surface area contributed by atoms with E-state index in [4.69, 9.17) is 14.9 Å². The van der Waals surface area contributed by atoms with Crippen molar-refractivity contribution in [3.8, 4) is 34.5 Å². The Morgan fingerprint density at radius 2 is 1.33 bits per heavy atom. The number of benzene rings is 6. The molecule has 0 saturated heterocycles. The van der Waals surface area contributed by atoms with Gasteiger partial charge in [-0.2, -0.15) is 8.42 Å². The Bertz CT molecular complexity index is 4000. The summed E-state index contributed by atoms with van der Waals surface area (Å²) in [6.45, 7) is 2.98. The summed E-state index contributed by atoms with van der Waals surface area (Å²) >= 11 is 0. The number of anilines is 5. The second-order valence-electron chi connectivity index (χ2n) is 16.6. The number of aromatic carboxylic acids is 1. The molecule has 0 saturated carbocycles. The lowest BCUT2D eigenvalue weighted by atomic mass is 9.82. The standard InChI is InChI=1S/C22H17N3O6S.C15H12N2O5.C14H12O7/c1-11(26)24-12-6-8-13(9-7-12)25-16-10-17(32(29,30)31)20(23)19-18(16)21(27)14-4-2-3-5-15(14)22(19)28;1-17(2)7-3-4-9-11(5-7)22-14-12(16-9)8(15(20)21)6-10(18)13(14)19;1-6-2-8(15)13(19)11(3-6)21-14(20)7-4-9(16)12(18)10(17)5-7/h2-10,25H,23H2,1H3,(H,24,26)(H,29,30,31);3-6,16H,1-2H3,(H,20,21);2-5,15-19H,1H3. The van der Waals surface area contributed by atoms with Crippen molar-refractivity contribution >= 4 is 79.1 Å². The molecule has 23 nitrogen and oxygen atoms in total. The van der Waals surface area contributed by atoms with E-state index in [0.29, 0.717) is 28.0 Å². The highest BCUT2D eigenvalue weighted by Gasteiger charge is 2.36. The molecule has 384 valence electrons. The molecule has 0 bridgehead atoms. The van der Waals surface area contributed by atoms with Crippen molar-refractivity contribution in [3.63, 3.8) is 0 Å². The zero-order valence-electron chi connectivity index (χ0n) is 39.4. The number of hydrogen-bond acceptors (Lipinski definition) is 19. The Hall–Kier alpha value is -10.2. The first-order valence-corrected chi connectivity index (χ1v) is 23.0. The molecule has 6 aromatic carbocycles. The maximum absolute atomic E-state index is 13.2. The summed E-state index contributed by atoms with van der Waals surface area (Å²) in [6.07, 6.45) is 0. The van der Waals surface area contributed by atoms with Gasteiger partial charge in [-0.15, -0.1) is 0 Å². The lowest BCUT2D eigenvalue weighted by Crippen LogP contribution is -2.26. The van der Waals surface area contributed by atoms with Gasteiger partial charge in [0.25, 0.3) is 15.5 Å². The highest BCUT2D eigenvalue weighted by atomic mass is 32.2. The van der Waals surface area contributed by atoms with Crippen LogP contribution in [0.3, 0.4) is 0 Å². The van der Waals surface area contributed by atoms with Gasteiger partial charge in [0.15, 0.2) is 45.9 Å². The predicted molar refractivity (Wildman–Crippen MR) is 269 cm³/mol. The van der Waals surface area contributed by atoms with Gasteiger partial charge in [-0.25, -0.2) is 9.59 Å². The molecule has 0 radical (unpaired) electrons. The van der Waals surface area contributed by atoms with Gasteiger partial charge in [-0.3, -0.25) is 28.5 Å². The van der Waals surface area contributed by atoms with E-state index in [-0.39, 0.29) is 61.5 Å². The average molecular weight is 1040 g/mol. The number of hydrogen-bond donors (Lipinski definition) is 11. The fourth-order valence-electron chi connectivity index (χ4n) is 7.52. The number of nitrogen functional groups attached to an aromatic ring is 1. The van der Waals surface area contributed by atoms with E-state index in [0.717, 1.165) is 30.0 Å². The largest absolute Gasteiger partial charge is 0.504 e. The van der Waals surface area contributed by atoms with Crippen molar-refractivity contribution in [1.82, 2.24) is 4.98 Å². The SMILES string of the molecule is CC(=O)Nc1ccc(Nc2cc(S(=O)(=O)O)c(N)c3c2C(=O)c2ccccc2C3=O)cc1.CN(C)c1ccc2[nH]c3c(C(=O)O)cc(=O)c(=O)c=3oc2c1.Cc1cc(O)c(O)c(OC(=O)c2cc(O)c(O)c(O)c2)c1. The van der Waals surface area contributed by atoms with Crippen LogP contribution < -0.4 is 36.9 Å². The molecule has 1 heterocycles. The zero-order valence-corrected chi connectivity index (χ0v) is 40.2. The van der Waals surface area contributed by atoms with Gasteiger partial charge in [0, 0.05) is 61.3 Å². The number of carboxylic acids is 1. The van der Waals surface area contributed by atoms with Crippen LogP contribution in [0.1, 0.15) is 65.0 Å². The Labute approximate surface area is 421 Å². The maximum atomic E-state index is 13.2. The smallest absolute Gasteiger partial charge is 0.343 e. The highest BCUT2D eigenvalue weighted by Crippen LogP contribution is 2.41. The van der Waals surface area contributed by atoms with Crippen LogP contribution in [-0.4, -0.2) is 92.1 Å². The number of aromatic hydroxyl groups is 5. The van der Waals surface area contributed by atoms with Crippen LogP contribution in [0.4, 0.5) is 28.4 Å². The predicted octanol–water partition coefficient (Wildman–Crippen LogP) is 5.71. The minimum Gasteiger partial charge on any atom is -0.504 e. The molecule has 6 aromatic rings. The number of ketones is 2. The van der Waals surface area contributed by atoms with Crippen molar-refractivity contribution in [1.29, 1.82) is 0 Å². The first-order chi connectivity index (χ1) is 35.2. The molecule has 9 rings (SSSR count). The highest BCUT2D eigenvalue weighted by molar-refractivity contribution is 7.86. The van der Waals surface area contributed by atoms with Crippen LogP contribution in [0, 0.1) is 17.7 Å². The average Bonchev–Trinajstić information content (AvgIpc) is 3.35. The number of rotatable bonds is 8. The summed E-state index contributed by atoms with van der Waals surface area (Å²) in [5, 5.41) is 61.6. The zero-order chi connectivity index (χ0) is 55.0. The number of aromatic amines is 1. The number of nitrogens with one attached hydrogen (secondary N) is 3. The number of nitrogens with zero attached hydrogens (tertiary/aromatic N) is 1. The number of aromatic nitrogens is 1. The number of fused-ring (bicyclic) bond motifs is 3. The number of H-pyrrole nitrogens is 1.